The summed E-state index contributed by atoms with van der Waals surface area (Å²) in [5.74, 6) is 0.466. The minimum absolute atomic E-state index is 0. The number of anilines is 1. The molecule has 0 spiro atoms. The van der Waals surface area contributed by atoms with Crippen LogP contribution in [0.2, 0.25) is 0 Å². The molecule has 0 amide bonds. The minimum atomic E-state index is -3.79. The van der Waals surface area contributed by atoms with Gasteiger partial charge in [0.25, 0.3) is 0 Å². The molecule has 0 fully saturated rings. The van der Waals surface area contributed by atoms with Gasteiger partial charge in [0, 0.05) is 11.6 Å². The monoisotopic (exact) mass is 423 g/mol. The van der Waals surface area contributed by atoms with Crippen LogP contribution in [0.3, 0.4) is 0 Å². The van der Waals surface area contributed by atoms with Gasteiger partial charge in [-0.25, -0.2) is 28.1 Å². The topological polar surface area (TPSA) is 149 Å². The molecule has 0 aliphatic rings. The van der Waals surface area contributed by atoms with E-state index in [0.29, 0.717) is 17.1 Å². The van der Waals surface area contributed by atoms with Crippen molar-refractivity contribution in [1.82, 2.24) is 29.5 Å². The van der Waals surface area contributed by atoms with E-state index in [2.05, 4.69) is 24.8 Å². The lowest BCUT2D eigenvalue weighted by molar-refractivity contribution is 0.265. The Morgan fingerprint density at radius 3 is 2.75 bits per heavy atom. The van der Waals surface area contributed by atoms with Crippen LogP contribution in [0.1, 0.15) is 12.5 Å². The highest BCUT2D eigenvalue weighted by atomic mass is 32.2. The summed E-state index contributed by atoms with van der Waals surface area (Å²) in [6, 6.07) is 4.08. The Labute approximate surface area is 169 Å². The van der Waals surface area contributed by atoms with Crippen molar-refractivity contribution in [2.45, 2.75) is 24.8 Å². The van der Waals surface area contributed by atoms with Gasteiger partial charge in [0.05, 0.1) is 23.4 Å². The van der Waals surface area contributed by atoms with E-state index in [0.717, 1.165) is 5.56 Å². The molecule has 0 radical (unpaired) electrons. The van der Waals surface area contributed by atoms with Crippen LogP contribution in [-0.4, -0.2) is 50.9 Å². The summed E-state index contributed by atoms with van der Waals surface area (Å²) >= 11 is 0. The highest BCUT2D eigenvalue weighted by Gasteiger charge is 2.19. The molecule has 0 bridgehead atoms. The smallest absolute Gasteiger partial charge is 0.240 e. The number of benzene rings is 1. The fourth-order valence-electron chi connectivity index (χ4n) is 2.42. The molecular formula is C16H21N7O3S2. The molecule has 150 valence electrons. The Morgan fingerprint density at radius 2 is 2.11 bits per heavy atom. The number of rotatable bonds is 6. The number of nitrogen functional groups attached to an aromatic ring is 1. The van der Waals surface area contributed by atoms with Crippen LogP contribution >= 0.6 is 13.5 Å². The van der Waals surface area contributed by atoms with Crippen molar-refractivity contribution in [3.8, 4) is 17.1 Å². The third-order valence-electron chi connectivity index (χ3n) is 3.84. The van der Waals surface area contributed by atoms with E-state index in [9.17, 15) is 8.42 Å². The molecule has 1 aromatic carbocycles. The first-order valence-corrected chi connectivity index (χ1v) is 9.52. The van der Waals surface area contributed by atoms with E-state index in [1.165, 1.54) is 35.7 Å². The van der Waals surface area contributed by atoms with E-state index >= 15 is 0 Å². The molecule has 10 nitrogen and oxygen atoms in total. The molecule has 3 aromatic rings. The van der Waals surface area contributed by atoms with Gasteiger partial charge in [0.1, 0.15) is 12.7 Å². The largest absolute Gasteiger partial charge is 0.395 e. The van der Waals surface area contributed by atoms with Crippen molar-refractivity contribution in [3.63, 3.8) is 0 Å². The third-order valence-corrected chi connectivity index (χ3v) is 5.43. The third kappa shape index (κ3) is 4.47. The number of aliphatic hydroxyl groups is 1. The van der Waals surface area contributed by atoms with Crippen molar-refractivity contribution >= 4 is 29.3 Å². The van der Waals surface area contributed by atoms with Crippen molar-refractivity contribution < 1.29 is 13.5 Å². The van der Waals surface area contributed by atoms with Crippen molar-refractivity contribution in [2.24, 2.45) is 0 Å². The van der Waals surface area contributed by atoms with E-state index in [-0.39, 0.29) is 30.8 Å². The Hall–Kier alpha value is -2.54. The molecule has 12 heteroatoms. The number of aromatic nitrogens is 5. The predicted octanol–water partition coefficient (Wildman–Crippen LogP) is 0.387. The van der Waals surface area contributed by atoms with Crippen LogP contribution in [0, 0.1) is 6.92 Å². The van der Waals surface area contributed by atoms with E-state index in [1.54, 1.807) is 13.0 Å². The lowest BCUT2D eigenvalue weighted by Crippen LogP contribution is -2.35. The zero-order valence-corrected chi connectivity index (χ0v) is 17.1. The Balaban J connectivity index is 0.00000280. The number of hydrogen-bond acceptors (Lipinski definition) is 8. The minimum Gasteiger partial charge on any atom is -0.395 e. The fraction of sp³-hybridized carbons (Fsp3) is 0.250. The number of nitrogens with zero attached hydrogens (tertiary/aromatic N) is 5. The molecule has 4 N–H and O–H groups in total. The van der Waals surface area contributed by atoms with Gasteiger partial charge in [-0.2, -0.15) is 23.3 Å². The number of sulfonamides is 1. The van der Waals surface area contributed by atoms with Crippen LogP contribution in [-0.2, 0) is 10.0 Å². The number of hydrogen-bond donors (Lipinski definition) is 3. The summed E-state index contributed by atoms with van der Waals surface area (Å²) < 4.78 is 28.8. The summed E-state index contributed by atoms with van der Waals surface area (Å²) in [4.78, 5) is 12.5. The lowest BCUT2D eigenvalue weighted by atomic mass is 10.1. The number of aryl methyl sites for hydroxylation is 1. The lowest BCUT2D eigenvalue weighted by Gasteiger charge is -2.14. The molecule has 0 saturated heterocycles. The molecule has 2 aromatic heterocycles. The number of nitrogens with two attached hydrogens (primary N) is 1. The van der Waals surface area contributed by atoms with Crippen molar-refractivity contribution in [1.29, 1.82) is 0 Å². The second-order valence-electron chi connectivity index (χ2n) is 5.99. The predicted molar refractivity (Wildman–Crippen MR) is 109 cm³/mol. The van der Waals surface area contributed by atoms with E-state index in [1.807, 2.05) is 6.92 Å². The summed E-state index contributed by atoms with van der Waals surface area (Å²) in [5, 5.41) is 13.1. The zero-order chi connectivity index (χ0) is 19.6. The standard InChI is InChI=1S/C16H19N7O3S.H2S/c1-10-3-4-12(27(25,26)22-11(2)7-24)5-13(10)14-6-19-15(17)16(21-14)23-9-18-8-20-23;/h3-6,8-9,11,22,24H,7H2,1-2H3,(H2,17,19);1H2/t11-;/m0./s1. The SMILES string of the molecule is Cc1ccc(S(=O)(=O)N[C@@H](C)CO)cc1-c1cnc(N)c(-n2cncn2)n1.S. The van der Waals surface area contributed by atoms with Crippen LogP contribution in [0.5, 0.6) is 0 Å². The van der Waals surface area contributed by atoms with Gasteiger partial charge >= 0.3 is 0 Å². The Bertz CT molecular complexity index is 1060. The normalized spacial score (nSPS) is 12.4. The van der Waals surface area contributed by atoms with Gasteiger partial charge in [-0.05, 0) is 31.5 Å². The molecule has 0 saturated carbocycles. The average Bonchev–Trinajstić information content (AvgIpc) is 3.16. The first-order valence-electron chi connectivity index (χ1n) is 8.03. The maximum absolute atomic E-state index is 12.5. The summed E-state index contributed by atoms with van der Waals surface area (Å²) in [5.41, 5.74) is 7.72. The first-order chi connectivity index (χ1) is 12.8. The number of nitrogens with one attached hydrogen (secondary N) is 1. The molecule has 0 aliphatic heterocycles. The van der Waals surface area contributed by atoms with Crippen LogP contribution in [0.15, 0.2) is 41.9 Å². The van der Waals surface area contributed by atoms with Gasteiger partial charge in [-0.3, -0.25) is 0 Å². The second kappa shape index (κ2) is 8.65. The first kappa shape index (κ1) is 21.8. The fourth-order valence-corrected chi connectivity index (χ4v) is 3.68. The summed E-state index contributed by atoms with van der Waals surface area (Å²) in [6.45, 7) is 3.10. The summed E-state index contributed by atoms with van der Waals surface area (Å²) in [6.07, 6.45) is 4.26. The molecule has 1 atom stereocenters. The average molecular weight is 424 g/mol. The highest BCUT2D eigenvalue weighted by Crippen LogP contribution is 2.26. The van der Waals surface area contributed by atoms with Gasteiger partial charge in [-0.15, -0.1) is 0 Å². The Morgan fingerprint density at radius 1 is 1.36 bits per heavy atom. The molecular weight excluding hydrogens is 402 g/mol. The van der Waals surface area contributed by atoms with Crippen LogP contribution in [0.25, 0.3) is 17.1 Å². The molecule has 2 heterocycles. The van der Waals surface area contributed by atoms with E-state index in [4.69, 9.17) is 10.8 Å². The molecule has 3 rings (SSSR count). The van der Waals surface area contributed by atoms with Gasteiger partial charge in [0.2, 0.25) is 10.0 Å². The van der Waals surface area contributed by atoms with Crippen LogP contribution < -0.4 is 10.5 Å². The number of aliphatic hydroxyl groups excluding tert-OH is 1. The maximum Gasteiger partial charge on any atom is 0.240 e. The second-order valence-corrected chi connectivity index (χ2v) is 7.70. The van der Waals surface area contributed by atoms with E-state index < -0.39 is 16.1 Å². The maximum atomic E-state index is 12.5. The quantitative estimate of drug-likeness (QED) is 0.515. The molecule has 28 heavy (non-hydrogen) atoms. The van der Waals surface area contributed by atoms with Crippen molar-refractivity contribution in [3.05, 3.63) is 42.6 Å². The van der Waals surface area contributed by atoms with Crippen LogP contribution in [0.4, 0.5) is 5.82 Å². The zero-order valence-electron chi connectivity index (χ0n) is 15.2. The van der Waals surface area contributed by atoms with Gasteiger partial charge in [0.15, 0.2) is 11.6 Å². The van der Waals surface area contributed by atoms with Gasteiger partial charge in [-0.1, -0.05) is 6.07 Å². The summed E-state index contributed by atoms with van der Waals surface area (Å²) in [7, 11) is -3.79. The Kier molecular flexibility index (Phi) is 6.72. The highest BCUT2D eigenvalue weighted by molar-refractivity contribution is 7.89. The van der Waals surface area contributed by atoms with Gasteiger partial charge < -0.3 is 10.8 Å². The molecule has 0 unspecified atom stereocenters. The molecule has 0 aliphatic carbocycles. The van der Waals surface area contributed by atoms with Crippen molar-refractivity contribution in [2.75, 3.05) is 12.3 Å².